The molecule has 0 aliphatic heterocycles. The van der Waals surface area contributed by atoms with Crippen molar-refractivity contribution < 1.29 is 39.2 Å². The van der Waals surface area contributed by atoms with Crippen LogP contribution in [-0.4, -0.2) is 47.8 Å². The number of carbonyl (C=O) groups is 4. The van der Waals surface area contributed by atoms with Gasteiger partial charge in [0.15, 0.2) is 0 Å². The van der Waals surface area contributed by atoms with Crippen molar-refractivity contribution in [2.75, 3.05) is 6.61 Å². The first-order valence-corrected chi connectivity index (χ1v) is 5.71. The van der Waals surface area contributed by atoms with Crippen LogP contribution in [0.2, 0.25) is 0 Å². The van der Waals surface area contributed by atoms with E-state index in [4.69, 9.17) is 29.7 Å². The maximum Gasteiger partial charge on any atom is 3.00 e. The van der Waals surface area contributed by atoms with Gasteiger partial charge in [-0.15, -0.1) is 12.8 Å². The fraction of sp³-hybridized carbons (Fsp3) is 0.429. The van der Waals surface area contributed by atoms with E-state index in [2.05, 4.69) is 24.5 Å². The summed E-state index contributed by atoms with van der Waals surface area (Å²) in [5.74, 6) is -1.53. The molecule has 0 atom stereocenters. The predicted octanol–water partition coefficient (Wildman–Crippen LogP) is -3.54. The molecule has 0 aliphatic rings. The van der Waals surface area contributed by atoms with Crippen LogP contribution in [0.25, 0.3) is 0 Å². The largest absolute Gasteiger partial charge is 3.00 e. The van der Waals surface area contributed by atoms with E-state index >= 15 is 0 Å². The van der Waals surface area contributed by atoms with Crippen LogP contribution in [0.5, 0.6) is 0 Å². The van der Waals surface area contributed by atoms with E-state index in [1.165, 1.54) is 18.8 Å². The standard InChI is InChI=1S/C6H12O2.2C3H2O2.C2H4O2.Al/c1-3-4-5-8-6(2)7;2*1-2-3(4)5;1-2(3)4;/h3-5H2,1-2H3;2*1H,(H,4,5);1H3,(H,3,4);/q;;;;+3/p-3. The van der Waals surface area contributed by atoms with Gasteiger partial charge < -0.3 is 34.4 Å². The summed E-state index contributed by atoms with van der Waals surface area (Å²) in [5, 5.41) is 26.9. The van der Waals surface area contributed by atoms with E-state index in [-0.39, 0.29) is 23.3 Å². The van der Waals surface area contributed by atoms with Gasteiger partial charge in [0.2, 0.25) is 0 Å². The predicted molar refractivity (Wildman–Crippen MR) is 75.7 cm³/mol. The van der Waals surface area contributed by atoms with E-state index in [1.54, 1.807) is 0 Å². The van der Waals surface area contributed by atoms with Gasteiger partial charge in [-0.05, 0) is 13.3 Å². The van der Waals surface area contributed by atoms with Gasteiger partial charge in [0.25, 0.3) is 0 Å². The molecule has 0 heterocycles. The van der Waals surface area contributed by atoms with Crippen molar-refractivity contribution in [3.63, 3.8) is 0 Å². The molecule has 23 heavy (non-hydrogen) atoms. The van der Waals surface area contributed by atoms with Crippen molar-refractivity contribution in [1.29, 1.82) is 0 Å². The molecule has 0 fully saturated rings. The number of hydrogen-bond donors (Lipinski definition) is 0. The minimum atomic E-state index is -1.47. The number of hydrogen-bond acceptors (Lipinski definition) is 8. The smallest absolute Gasteiger partial charge is 0.550 e. The Labute approximate surface area is 146 Å². The Hall–Kier alpha value is -2.47. The number of terminal acetylenes is 2. The maximum atomic E-state index is 10.1. The number of carboxylic acids is 3. The first-order valence-electron chi connectivity index (χ1n) is 5.71. The third-order valence-electron chi connectivity index (χ3n) is 1.04. The molecule has 0 saturated carbocycles. The van der Waals surface area contributed by atoms with Crippen LogP contribution in [0.4, 0.5) is 0 Å². The Morgan fingerprint density at radius 2 is 1.22 bits per heavy atom. The van der Waals surface area contributed by atoms with E-state index in [1.807, 2.05) is 0 Å². The van der Waals surface area contributed by atoms with Crippen LogP contribution in [0, 0.1) is 24.7 Å². The van der Waals surface area contributed by atoms with Gasteiger partial charge in [0, 0.05) is 12.9 Å². The summed E-state index contributed by atoms with van der Waals surface area (Å²) < 4.78 is 4.64. The molecule has 0 unspecified atom stereocenters. The average Bonchev–Trinajstić information content (AvgIpc) is 2.39. The Morgan fingerprint density at radius 3 is 1.35 bits per heavy atom. The number of carbonyl (C=O) groups excluding carboxylic acids is 4. The molecule has 0 saturated heterocycles. The second kappa shape index (κ2) is 27.8. The van der Waals surface area contributed by atoms with Gasteiger partial charge in [-0.2, -0.15) is 0 Å². The minimum absolute atomic E-state index is 0. The van der Waals surface area contributed by atoms with Crippen LogP contribution in [0.15, 0.2) is 0 Å². The van der Waals surface area contributed by atoms with Gasteiger partial charge in [0.1, 0.15) is 11.9 Å². The third kappa shape index (κ3) is 141. The Bertz CT molecular complexity index is 389. The number of carboxylic acid groups (broad SMARTS) is 3. The van der Waals surface area contributed by atoms with Crippen LogP contribution in [0.1, 0.15) is 33.6 Å². The zero-order chi connectivity index (χ0) is 18.6. The van der Waals surface area contributed by atoms with Gasteiger partial charge in [-0.25, -0.2) is 0 Å². The van der Waals surface area contributed by atoms with E-state index in [9.17, 15) is 4.79 Å². The van der Waals surface area contributed by atoms with Gasteiger partial charge in [-0.1, -0.05) is 25.2 Å². The molecule has 0 amide bonds. The molecule has 0 N–H and O–H groups in total. The number of rotatable bonds is 3. The SMILES string of the molecule is C#CC(=O)[O-].C#CC(=O)[O-].CC(=O)[O-].CCCCOC(C)=O.[Al+3]. The fourth-order valence-electron chi connectivity index (χ4n) is 0.360. The molecule has 0 spiro atoms. The molecule has 0 aliphatic carbocycles. The summed E-state index contributed by atoms with van der Waals surface area (Å²) in [6, 6.07) is 0. The van der Waals surface area contributed by atoms with Crippen LogP contribution in [-0.2, 0) is 23.9 Å². The monoisotopic (exact) mass is 340 g/mol. The van der Waals surface area contributed by atoms with Crippen molar-refractivity contribution in [3.05, 3.63) is 0 Å². The number of unbranched alkanes of at least 4 members (excludes halogenated alkanes) is 1. The second-order valence-electron chi connectivity index (χ2n) is 3.05. The Morgan fingerprint density at radius 1 is 0.957 bits per heavy atom. The van der Waals surface area contributed by atoms with Crippen molar-refractivity contribution >= 4 is 41.2 Å². The molecular weight excluding hydrogens is 323 g/mol. The van der Waals surface area contributed by atoms with Crippen LogP contribution >= 0.6 is 0 Å². The number of aliphatic carboxylic acids is 3. The first-order chi connectivity index (χ1) is 10.0. The molecule has 0 radical (unpaired) electrons. The first kappa shape index (κ1) is 32.5. The molecule has 0 aromatic carbocycles. The molecule has 0 rings (SSSR count). The molecule has 0 bridgehead atoms. The number of esters is 1. The van der Waals surface area contributed by atoms with Crippen LogP contribution < -0.4 is 15.3 Å². The molecule has 8 nitrogen and oxygen atoms in total. The summed E-state index contributed by atoms with van der Waals surface area (Å²) in [4.78, 5) is 37.0. The maximum absolute atomic E-state index is 10.1. The van der Waals surface area contributed by atoms with Gasteiger partial charge >= 0.3 is 23.3 Å². The Kier molecular flexibility index (Phi) is 39.3. The van der Waals surface area contributed by atoms with E-state index in [0.717, 1.165) is 19.8 Å². The normalized spacial score (nSPS) is 6.48. The second-order valence-corrected chi connectivity index (χ2v) is 3.05. The van der Waals surface area contributed by atoms with Crippen molar-refractivity contribution in [3.8, 4) is 24.7 Å². The van der Waals surface area contributed by atoms with Gasteiger partial charge in [0.05, 0.1) is 6.61 Å². The fourth-order valence-corrected chi connectivity index (χ4v) is 0.360. The average molecular weight is 340 g/mol. The van der Waals surface area contributed by atoms with E-state index in [0.29, 0.717) is 6.61 Å². The zero-order valence-corrected chi connectivity index (χ0v) is 14.3. The third-order valence-corrected chi connectivity index (χ3v) is 1.04. The summed E-state index contributed by atoms with van der Waals surface area (Å²) in [7, 11) is 0. The topological polar surface area (TPSA) is 147 Å². The van der Waals surface area contributed by atoms with Crippen LogP contribution in [0.3, 0.4) is 0 Å². The molecule has 9 heteroatoms. The summed E-state index contributed by atoms with van der Waals surface area (Å²) in [6.07, 6.45) is 10.6. The number of ether oxygens (including phenoxy) is 1. The Balaban J connectivity index is -0.0000000641. The molecule has 0 aromatic heterocycles. The zero-order valence-electron chi connectivity index (χ0n) is 13.1. The summed E-state index contributed by atoms with van der Waals surface area (Å²) in [5.41, 5.74) is 0. The van der Waals surface area contributed by atoms with Crippen molar-refractivity contribution in [2.24, 2.45) is 0 Å². The molecule has 124 valence electrons. The van der Waals surface area contributed by atoms with Crippen molar-refractivity contribution in [1.82, 2.24) is 0 Å². The molecular formula is C14H17AlO8. The summed E-state index contributed by atoms with van der Waals surface area (Å²) in [6.45, 7) is 5.03. The van der Waals surface area contributed by atoms with Gasteiger partial charge in [-0.3, -0.25) is 4.79 Å². The quantitative estimate of drug-likeness (QED) is 0.222. The van der Waals surface area contributed by atoms with Crippen molar-refractivity contribution in [2.45, 2.75) is 33.6 Å². The van der Waals surface area contributed by atoms with E-state index < -0.39 is 17.9 Å². The molecule has 0 aromatic rings. The minimum Gasteiger partial charge on any atom is -0.550 e. The summed E-state index contributed by atoms with van der Waals surface area (Å²) >= 11 is 0.